The van der Waals surface area contributed by atoms with Crippen molar-refractivity contribution in [1.29, 1.82) is 0 Å². The molecule has 0 fully saturated rings. The first-order valence-electron chi connectivity index (χ1n) is 18.7. The lowest BCUT2D eigenvalue weighted by Gasteiger charge is -2.15. The molecule has 1 atom stereocenters. The van der Waals surface area contributed by atoms with Gasteiger partial charge in [0, 0.05) is 13.0 Å². The molecule has 0 aromatic rings. The maximum atomic E-state index is 12.1. The second-order valence-electron chi connectivity index (χ2n) is 12.3. The minimum Gasteiger partial charge on any atom is -0.457 e. The Morgan fingerprint density at radius 3 is 1.45 bits per heavy atom. The first kappa shape index (κ1) is 42.3. The van der Waals surface area contributed by atoms with Gasteiger partial charge in [0.2, 0.25) is 0 Å². The van der Waals surface area contributed by atoms with Crippen molar-refractivity contribution in [3.05, 3.63) is 48.6 Å². The summed E-state index contributed by atoms with van der Waals surface area (Å²) in [4.78, 5) is 12.1. The third kappa shape index (κ3) is 34.8. The zero-order valence-electron chi connectivity index (χ0n) is 29.2. The maximum absolute atomic E-state index is 12.1. The van der Waals surface area contributed by atoms with E-state index in [1.54, 1.807) is 0 Å². The molecule has 0 aliphatic heterocycles. The summed E-state index contributed by atoms with van der Waals surface area (Å²) in [6, 6.07) is 0. The third-order valence-corrected chi connectivity index (χ3v) is 7.88. The predicted octanol–water partition coefficient (Wildman–Crippen LogP) is 11.9. The zero-order chi connectivity index (χ0) is 32.0. The molecule has 0 spiro atoms. The summed E-state index contributed by atoms with van der Waals surface area (Å²) in [7, 11) is 0. The van der Waals surface area contributed by atoms with Crippen LogP contribution in [-0.2, 0) is 14.3 Å². The van der Waals surface area contributed by atoms with Gasteiger partial charge in [0.15, 0.2) is 0 Å². The van der Waals surface area contributed by atoms with Crippen LogP contribution >= 0.6 is 0 Å². The molecule has 1 N–H and O–H groups in total. The van der Waals surface area contributed by atoms with E-state index in [0.717, 1.165) is 38.5 Å². The number of hydrogen-bond acceptors (Lipinski definition) is 4. The molecule has 0 rings (SSSR count). The number of esters is 1. The van der Waals surface area contributed by atoms with Gasteiger partial charge in [-0.3, -0.25) is 4.79 Å². The van der Waals surface area contributed by atoms with Gasteiger partial charge in [0.05, 0.1) is 13.2 Å². The molecule has 0 aromatic heterocycles. The summed E-state index contributed by atoms with van der Waals surface area (Å²) in [5, 5.41) is 9.55. The number of ether oxygens (including phenoxy) is 2. The van der Waals surface area contributed by atoms with E-state index in [-0.39, 0.29) is 19.2 Å². The summed E-state index contributed by atoms with van der Waals surface area (Å²) >= 11 is 0. The van der Waals surface area contributed by atoms with Crippen molar-refractivity contribution in [1.82, 2.24) is 0 Å². The fraction of sp³-hybridized carbons (Fsp3) is 0.775. The quantitative estimate of drug-likeness (QED) is 0.0444. The minimum atomic E-state index is -0.543. The molecular weight excluding hydrogens is 544 g/mol. The Morgan fingerprint density at radius 1 is 0.545 bits per heavy atom. The van der Waals surface area contributed by atoms with Crippen molar-refractivity contribution in [2.45, 2.75) is 180 Å². The smallest absolute Gasteiger partial charge is 0.306 e. The average molecular weight is 617 g/mol. The summed E-state index contributed by atoms with van der Waals surface area (Å²) in [5.74, 6) is -0.216. The molecule has 0 heterocycles. The van der Waals surface area contributed by atoms with Crippen molar-refractivity contribution in [3.8, 4) is 0 Å². The van der Waals surface area contributed by atoms with E-state index in [1.807, 2.05) is 0 Å². The number of rotatable bonds is 34. The van der Waals surface area contributed by atoms with Crippen LogP contribution in [0.4, 0.5) is 0 Å². The van der Waals surface area contributed by atoms with Crippen LogP contribution in [-0.4, -0.2) is 37.0 Å². The number of carbonyl (C=O) groups is 1. The maximum Gasteiger partial charge on any atom is 0.306 e. The standard InChI is InChI=1S/C40H72O4/c1-3-5-7-9-11-13-15-17-18-19-20-21-22-23-24-26-28-30-32-34-36-43-38-39(37-41)44-40(42)35-33-31-29-27-25-16-14-12-10-8-6-4-2/h11-14,17-18,20-21,39,41H,3-10,15-16,19,22-38H2,1-2H3/b13-11-,14-12-,18-17-,21-20-. The van der Waals surface area contributed by atoms with Crippen LogP contribution in [0.2, 0.25) is 0 Å². The normalized spacial score (nSPS) is 12.9. The third-order valence-electron chi connectivity index (χ3n) is 7.88. The number of hydrogen-bond donors (Lipinski definition) is 1. The molecule has 0 amide bonds. The summed E-state index contributed by atoms with van der Waals surface area (Å²) in [5.41, 5.74) is 0. The molecule has 4 nitrogen and oxygen atoms in total. The molecule has 4 heteroatoms. The monoisotopic (exact) mass is 617 g/mol. The number of unbranched alkanes of at least 4 members (excludes halogenated alkanes) is 18. The van der Waals surface area contributed by atoms with Gasteiger partial charge in [-0.1, -0.05) is 140 Å². The van der Waals surface area contributed by atoms with Crippen molar-refractivity contribution in [3.63, 3.8) is 0 Å². The van der Waals surface area contributed by atoms with Crippen molar-refractivity contribution < 1.29 is 19.4 Å². The van der Waals surface area contributed by atoms with Gasteiger partial charge in [-0.05, 0) is 77.0 Å². The lowest BCUT2D eigenvalue weighted by molar-refractivity contribution is -0.154. The summed E-state index contributed by atoms with van der Waals surface area (Å²) < 4.78 is 11.1. The largest absolute Gasteiger partial charge is 0.457 e. The number of carbonyl (C=O) groups excluding carboxylic acids is 1. The first-order chi connectivity index (χ1) is 21.7. The fourth-order valence-electron chi connectivity index (χ4n) is 5.03. The molecule has 0 aromatic carbocycles. The van der Waals surface area contributed by atoms with Gasteiger partial charge in [-0.15, -0.1) is 0 Å². The highest BCUT2D eigenvalue weighted by atomic mass is 16.6. The Labute approximate surface area is 273 Å². The Balaban J connectivity index is 3.48. The van der Waals surface area contributed by atoms with Gasteiger partial charge in [0.1, 0.15) is 6.10 Å². The molecule has 0 aliphatic rings. The molecule has 0 saturated carbocycles. The van der Waals surface area contributed by atoms with E-state index >= 15 is 0 Å². The predicted molar refractivity (Wildman–Crippen MR) is 191 cm³/mol. The molecular formula is C40H72O4. The Hall–Kier alpha value is -1.65. The van der Waals surface area contributed by atoms with Crippen LogP contribution < -0.4 is 0 Å². The van der Waals surface area contributed by atoms with Gasteiger partial charge in [-0.2, -0.15) is 0 Å². The summed E-state index contributed by atoms with van der Waals surface area (Å²) in [6.07, 6.45) is 47.2. The highest BCUT2D eigenvalue weighted by molar-refractivity contribution is 5.69. The fourth-order valence-corrected chi connectivity index (χ4v) is 5.03. The van der Waals surface area contributed by atoms with E-state index < -0.39 is 6.10 Å². The second kappa shape index (κ2) is 37.5. The number of aliphatic hydroxyl groups excluding tert-OH is 1. The number of allylic oxidation sites excluding steroid dienone is 8. The molecule has 256 valence electrons. The van der Waals surface area contributed by atoms with E-state index in [4.69, 9.17) is 9.47 Å². The van der Waals surface area contributed by atoms with Crippen LogP contribution in [0.5, 0.6) is 0 Å². The second-order valence-corrected chi connectivity index (χ2v) is 12.3. The van der Waals surface area contributed by atoms with E-state index in [1.165, 1.54) is 116 Å². The van der Waals surface area contributed by atoms with E-state index in [0.29, 0.717) is 13.0 Å². The summed E-state index contributed by atoms with van der Waals surface area (Å²) in [6.45, 7) is 5.26. The van der Waals surface area contributed by atoms with Crippen LogP contribution in [0, 0.1) is 0 Å². The number of aliphatic hydroxyl groups is 1. The Kier molecular flexibility index (Phi) is 36.1. The van der Waals surface area contributed by atoms with Gasteiger partial charge < -0.3 is 14.6 Å². The van der Waals surface area contributed by atoms with Crippen molar-refractivity contribution >= 4 is 5.97 Å². The van der Waals surface area contributed by atoms with Gasteiger partial charge in [-0.25, -0.2) is 0 Å². The molecule has 1 unspecified atom stereocenters. The van der Waals surface area contributed by atoms with Crippen LogP contribution in [0.1, 0.15) is 174 Å². The van der Waals surface area contributed by atoms with Gasteiger partial charge >= 0.3 is 5.97 Å². The van der Waals surface area contributed by atoms with Crippen LogP contribution in [0.15, 0.2) is 48.6 Å². The Bertz CT molecular complexity index is 693. The van der Waals surface area contributed by atoms with Crippen molar-refractivity contribution in [2.75, 3.05) is 19.8 Å². The molecule has 0 saturated heterocycles. The molecule has 0 bridgehead atoms. The highest BCUT2D eigenvalue weighted by Crippen LogP contribution is 2.11. The Morgan fingerprint density at radius 2 is 0.955 bits per heavy atom. The highest BCUT2D eigenvalue weighted by Gasteiger charge is 2.13. The van der Waals surface area contributed by atoms with Crippen LogP contribution in [0.3, 0.4) is 0 Å². The van der Waals surface area contributed by atoms with Crippen molar-refractivity contribution in [2.24, 2.45) is 0 Å². The molecule has 0 aliphatic carbocycles. The van der Waals surface area contributed by atoms with E-state index in [2.05, 4.69) is 62.5 Å². The minimum absolute atomic E-state index is 0.180. The SMILES string of the molecule is CCCCC/C=C\C/C=C\C/C=C\CCCCCCCCCOCC(CO)OC(=O)CCCCCCC/C=C\CCCCC. The average Bonchev–Trinajstić information content (AvgIpc) is 3.03. The topological polar surface area (TPSA) is 55.8 Å². The first-order valence-corrected chi connectivity index (χ1v) is 18.7. The lowest BCUT2D eigenvalue weighted by atomic mass is 10.1. The zero-order valence-corrected chi connectivity index (χ0v) is 29.2. The van der Waals surface area contributed by atoms with E-state index in [9.17, 15) is 9.90 Å². The van der Waals surface area contributed by atoms with Crippen LogP contribution in [0.25, 0.3) is 0 Å². The molecule has 44 heavy (non-hydrogen) atoms. The van der Waals surface area contributed by atoms with Gasteiger partial charge in [0.25, 0.3) is 0 Å². The molecule has 0 radical (unpaired) electrons. The lowest BCUT2D eigenvalue weighted by Crippen LogP contribution is -2.27.